The molecule has 2 atom stereocenters. The average Bonchev–Trinajstić information content (AvgIpc) is 3.29. The number of anilines is 1. The molecule has 0 saturated heterocycles. The van der Waals surface area contributed by atoms with E-state index in [1.54, 1.807) is 11.3 Å². The summed E-state index contributed by atoms with van der Waals surface area (Å²) in [5.74, 6) is 0.957. The molecular weight excluding hydrogens is 394 g/mol. The van der Waals surface area contributed by atoms with Gasteiger partial charge in [0.2, 0.25) is 5.95 Å². The van der Waals surface area contributed by atoms with Crippen LogP contribution in [0.25, 0.3) is 11.0 Å². The van der Waals surface area contributed by atoms with Gasteiger partial charge < -0.3 is 9.88 Å². The number of para-hydroxylation sites is 2. The van der Waals surface area contributed by atoms with E-state index in [0.717, 1.165) is 22.4 Å². The van der Waals surface area contributed by atoms with Crippen LogP contribution < -0.4 is 5.32 Å². The quantitative estimate of drug-likeness (QED) is 0.439. The van der Waals surface area contributed by atoms with Gasteiger partial charge in [-0.3, -0.25) is 0 Å². The molecule has 1 N–H and O–H groups in total. The predicted octanol–water partition coefficient (Wildman–Crippen LogP) is 6.01. The van der Waals surface area contributed by atoms with E-state index in [1.807, 2.05) is 6.07 Å². The number of nitrogens with one attached hydrogen (secondary N) is 1. The lowest BCUT2D eigenvalue weighted by Gasteiger charge is -2.33. The lowest BCUT2D eigenvalue weighted by Crippen LogP contribution is -2.26. The maximum absolute atomic E-state index is 4.85. The topological polar surface area (TPSA) is 29.9 Å². The van der Waals surface area contributed by atoms with E-state index in [9.17, 15) is 0 Å². The van der Waals surface area contributed by atoms with Crippen LogP contribution in [0.1, 0.15) is 28.9 Å². The van der Waals surface area contributed by atoms with Crippen molar-refractivity contribution in [2.45, 2.75) is 18.5 Å². The molecule has 3 nitrogen and oxygen atoms in total. The second-order valence-electron chi connectivity index (χ2n) is 6.31. The van der Waals surface area contributed by atoms with Crippen LogP contribution >= 0.6 is 27.3 Å². The molecule has 0 bridgehead atoms. The summed E-state index contributed by atoms with van der Waals surface area (Å²) < 4.78 is 3.46. The van der Waals surface area contributed by atoms with Crippen LogP contribution in [-0.2, 0) is 0 Å². The Labute approximate surface area is 158 Å². The Morgan fingerprint density at radius 2 is 1.88 bits per heavy atom. The van der Waals surface area contributed by atoms with Gasteiger partial charge in [-0.25, -0.2) is 4.98 Å². The highest BCUT2D eigenvalue weighted by molar-refractivity contribution is 9.10. The van der Waals surface area contributed by atoms with Crippen molar-refractivity contribution in [2.75, 3.05) is 5.32 Å². The van der Waals surface area contributed by atoms with E-state index in [1.165, 1.54) is 16.0 Å². The van der Waals surface area contributed by atoms with Crippen molar-refractivity contribution in [1.29, 1.82) is 0 Å². The normalized spacial score (nSPS) is 19.6. The third-order valence-electron chi connectivity index (χ3n) is 4.81. The minimum Gasteiger partial charge on any atom is -0.348 e. The van der Waals surface area contributed by atoms with E-state index in [-0.39, 0.29) is 12.1 Å². The van der Waals surface area contributed by atoms with E-state index < -0.39 is 0 Å². The molecule has 0 aliphatic carbocycles. The Kier molecular flexibility index (Phi) is 3.64. The minimum atomic E-state index is 0.267. The molecule has 3 heterocycles. The highest BCUT2D eigenvalue weighted by atomic mass is 79.9. The minimum absolute atomic E-state index is 0.267. The van der Waals surface area contributed by atoms with Crippen LogP contribution in [0.2, 0.25) is 0 Å². The fraction of sp³-hybridized carbons (Fsp3) is 0.150. The first kappa shape index (κ1) is 15.2. The summed E-state index contributed by atoms with van der Waals surface area (Å²) in [5.41, 5.74) is 3.54. The number of hydrogen-bond donors (Lipinski definition) is 1. The zero-order valence-corrected chi connectivity index (χ0v) is 15.8. The van der Waals surface area contributed by atoms with E-state index in [4.69, 9.17) is 4.98 Å². The van der Waals surface area contributed by atoms with Crippen LogP contribution in [0.3, 0.4) is 0 Å². The zero-order valence-electron chi connectivity index (χ0n) is 13.4. The standard InChI is InChI=1S/C20H16BrN3S/c21-14-9-7-13(8-10-14)18-12-16(19-6-3-11-25-19)23-20-22-15-4-1-2-5-17(15)24(18)20/h1-11,16,18H,12H2,(H,22,23). The highest BCUT2D eigenvalue weighted by Crippen LogP contribution is 2.42. The van der Waals surface area contributed by atoms with E-state index in [2.05, 4.69) is 85.8 Å². The van der Waals surface area contributed by atoms with Gasteiger partial charge in [-0.1, -0.05) is 46.3 Å². The number of hydrogen-bond acceptors (Lipinski definition) is 3. The van der Waals surface area contributed by atoms with Crippen molar-refractivity contribution in [2.24, 2.45) is 0 Å². The largest absolute Gasteiger partial charge is 0.348 e. The van der Waals surface area contributed by atoms with Gasteiger partial charge in [0.1, 0.15) is 0 Å². The molecule has 124 valence electrons. The predicted molar refractivity (Wildman–Crippen MR) is 107 cm³/mol. The summed E-state index contributed by atoms with van der Waals surface area (Å²) in [4.78, 5) is 6.22. The fourth-order valence-corrected chi connectivity index (χ4v) is 4.71. The molecular formula is C20H16BrN3S. The van der Waals surface area contributed by atoms with Gasteiger partial charge in [0.25, 0.3) is 0 Å². The summed E-state index contributed by atoms with van der Waals surface area (Å²) in [5, 5.41) is 5.80. The molecule has 25 heavy (non-hydrogen) atoms. The number of aromatic nitrogens is 2. The van der Waals surface area contributed by atoms with Crippen molar-refractivity contribution >= 4 is 44.2 Å². The molecule has 5 rings (SSSR count). The first-order chi connectivity index (χ1) is 12.3. The number of fused-ring (bicyclic) bond motifs is 3. The second kappa shape index (κ2) is 6.00. The van der Waals surface area contributed by atoms with Gasteiger partial charge in [0.05, 0.1) is 23.1 Å². The Hall–Kier alpha value is -2.11. The third-order valence-corrected chi connectivity index (χ3v) is 6.33. The second-order valence-corrected chi connectivity index (χ2v) is 8.20. The number of halogens is 1. The van der Waals surface area contributed by atoms with Crippen molar-refractivity contribution in [3.8, 4) is 0 Å². The van der Waals surface area contributed by atoms with Crippen LogP contribution in [0, 0.1) is 0 Å². The van der Waals surface area contributed by atoms with E-state index in [0.29, 0.717) is 0 Å². The smallest absolute Gasteiger partial charge is 0.204 e. The third kappa shape index (κ3) is 2.58. The monoisotopic (exact) mass is 409 g/mol. The molecule has 0 radical (unpaired) electrons. The Bertz CT molecular complexity index is 1020. The van der Waals surface area contributed by atoms with Gasteiger partial charge in [-0.15, -0.1) is 11.3 Å². The number of nitrogens with zero attached hydrogens (tertiary/aromatic N) is 2. The molecule has 4 aromatic rings. The lowest BCUT2D eigenvalue weighted by molar-refractivity contribution is 0.481. The molecule has 1 aliphatic rings. The molecule has 2 aromatic carbocycles. The molecule has 0 fully saturated rings. The lowest BCUT2D eigenvalue weighted by atomic mass is 9.96. The van der Waals surface area contributed by atoms with Gasteiger partial charge in [0.15, 0.2) is 0 Å². The molecule has 5 heteroatoms. The number of rotatable bonds is 2. The number of imidazole rings is 1. The first-order valence-electron chi connectivity index (χ1n) is 8.32. The molecule has 0 spiro atoms. The van der Waals surface area contributed by atoms with Crippen molar-refractivity contribution in [3.05, 3.63) is 81.0 Å². The molecule has 1 aliphatic heterocycles. The fourth-order valence-electron chi connectivity index (χ4n) is 3.65. The Morgan fingerprint density at radius 3 is 2.68 bits per heavy atom. The van der Waals surface area contributed by atoms with Crippen LogP contribution in [0.5, 0.6) is 0 Å². The molecule has 0 saturated carbocycles. The first-order valence-corrected chi connectivity index (χ1v) is 9.99. The number of benzene rings is 2. The van der Waals surface area contributed by atoms with Crippen LogP contribution in [0.15, 0.2) is 70.5 Å². The van der Waals surface area contributed by atoms with Gasteiger partial charge in [-0.05, 0) is 47.7 Å². The molecule has 0 amide bonds. The maximum Gasteiger partial charge on any atom is 0.204 e. The Balaban J connectivity index is 1.68. The summed E-state index contributed by atoms with van der Waals surface area (Å²) in [6.07, 6.45) is 1.01. The summed E-state index contributed by atoms with van der Waals surface area (Å²) in [6, 6.07) is 21.9. The van der Waals surface area contributed by atoms with Gasteiger partial charge >= 0.3 is 0 Å². The average molecular weight is 410 g/mol. The zero-order chi connectivity index (χ0) is 16.8. The number of thiophene rings is 1. The van der Waals surface area contributed by atoms with E-state index >= 15 is 0 Å². The SMILES string of the molecule is Brc1ccc(C2CC(c3cccs3)Nc3nc4ccccc4n32)cc1. The van der Waals surface area contributed by atoms with Gasteiger partial charge in [0, 0.05) is 9.35 Å². The highest BCUT2D eigenvalue weighted by Gasteiger charge is 2.31. The summed E-state index contributed by atoms with van der Waals surface area (Å²) >= 11 is 5.35. The van der Waals surface area contributed by atoms with Crippen LogP contribution in [-0.4, -0.2) is 9.55 Å². The van der Waals surface area contributed by atoms with Crippen molar-refractivity contribution in [3.63, 3.8) is 0 Å². The summed E-state index contributed by atoms with van der Waals surface area (Å²) in [7, 11) is 0. The Morgan fingerprint density at radius 1 is 1.04 bits per heavy atom. The summed E-state index contributed by atoms with van der Waals surface area (Å²) in [6.45, 7) is 0. The molecule has 2 unspecified atom stereocenters. The molecule has 2 aromatic heterocycles. The maximum atomic E-state index is 4.85. The van der Waals surface area contributed by atoms with Crippen molar-refractivity contribution in [1.82, 2.24) is 9.55 Å². The van der Waals surface area contributed by atoms with Crippen LogP contribution in [0.4, 0.5) is 5.95 Å². The van der Waals surface area contributed by atoms with Gasteiger partial charge in [-0.2, -0.15) is 0 Å². The van der Waals surface area contributed by atoms with Crippen molar-refractivity contribution < 1.29 is 0 Å².